The van der Waals surface area contributed by atoms with E-state index in [1.165, 1.54) is 18.8 Å². The maximum absolute atomic E-state index is 12.0. The summed E-state index contributed by atoms with van der Waals surface area (Å²) in [4.78, 5) is 42.1. The average molecular weight is 347 g/mol. The van der Waals surface area contributed by atoms with Gasteiger partial charge in [-0.25, -0.2) is 4.98 Å². The van der Waals surface area contributed by atoms with E-state index in [0.717, 1.165) is 5.56 Å². The van der Waals surface area contributed by atoms with Gasteiger partial charge in [-0.3, -0.25) is 14.4 Å². The number of nitrogens with zero attached hydrogens (tertiary/aromatic N) is 1. The van der Waals surface area contributed by atoms with E-state index < -0.39 is 11.5 Å². The van der Waals surface area contributed by atoms with Crippen LogP contribution in [0, 0.1) is 6.92 Å². The average Bonchev–Trinajstić information content (AvgIpc) is 2.54. The number of aryl methyl sites for hydroxylation is 1. The van der Waals surface area contributed by atoms with Crippen LogP contribution in [0.25, 0.3) is 0 Å². The third kappa shape index (κ3) is 3.57. The van der Waals surface area contributed by atoms with Crippen LogP contribution in [0.3, 0.4) is 0 Å². The van der Waals surface area contributed by atoms with Gasteiger partial charge in [-0.05, 0) is 30.9 Å². The second-order valence-electron chi connectivity index (χ2n) is 4.90. The van der Waals surface area contributed by atoms with Crippen LogP contribution in [-0.2, 0) is 0 Å². The van der Waals surface area contributed by atoms with Crippen molar-refractivity contribution in [3.8, 4) is 0 Å². The van der Waals surface area contributed by atoms with E-state index in [4.69, 9.17) is 5.73 Å². The number of thioether (sulfide) groups is 1. The summed E-state index contributed by atoms with van der Waals surface area (Å²) in [5.41, 5.74) is 6.15. The minimum absolute atomic E-state index is 0.0438. The highest BCUT2D eigenvalue weighted by atomic mass is 32.2. The second kappa shape index (κ2) is 7.18. The fourth-order valence-corrected chi connectivity index (χ4v) is 2.46. The quantitative estimate of drug-likeness (QED) is 0.471. The van der Waals surface area contributed by atoms with E-state index in [9.17, 15) is 14.4 Å². The van der Waals surface area contributed by atoms with Crippen molar-refractivity contribution < 1.29 is 9.59 Å². The molecule has 0 atom stereocenters. The summed E-state index contributed by atoms with van der Waals surface area (Å²) in [6, 6.07) is 5.08. The lowest BCUT2D eigenvalue weighted by Crippen LogP contribution is -2.26. The molecule has 0 aliphatic heterocycles. The molecule has 1 heterocycles. The van der Waals surface area contributed by atoms with Crippen LogP contribution in [0.4, 0.5) is 11.5 Å². The first kappa shape index (κ1) is 17.5. The van der Waals surface area contributed by atoms with Gasteiger partial charge in [0.15, 0.2) is 11.0 Å². The van der Waals surface area contributed by atoms with Crippen molar-refractivity contribution in [3.63, 3.8) is 0 Å². The Kier molecular flexibility index (Phi) is 5.24. The first-order chi connectivity index (χ1) is 11.4. The molecule has 126 valence electrons. The molecule has 1 aromatic carbocycles. The van der Waals surface area contributed by atoms with Gasteiger partial charge in [0.25, 0.3) is 17.4 Å². The third-order valence-corrected chi connectivity index (χ3v) is 3.89. The van der Waals surface area contributed by atoms with Crippen molar-refractivity contribution in [3.05, 3.63) is 45.2 Å². The lowest BCUT2D eigenvalue weighted by molar-refractivity contribution is 0.0960. The fraction of sp³-hybridized carbons (Fsp3) is 0.200. The van der Waals surface area contributed by atoms with Gasteiger partial charge in [-0.2, -0.15) is 0 Å². The highest BCUT2D eigenvalue weighted by molar-refractivity contribution is 7.98. The van der Waals surface area contributed by atoms with E-state index >= 15 is 0 Å². The number of aromatic amines is 1. The van der Waals surface area contributed by atoms with E-state index in [1.54, 1.807) is 31.4 Å². The van der Waals surface area contributed by atoms with Crippen LogP contribution in [-0.4, -0.2) is 35.1 Å². The molecule has 9 heteroatoms. The first-order valence-electron chi connectivity index (χ1n) is 6.95. The molecule has 0 bridgehead atoms. The number of anilines is 2. The fourth-order valence-electron chi connectivity index (χ4n) is 2.08. The summed E-state index contributed by atoms with van der Waals surface area (Å²) in [7, 11) is 1.54. The van der Waals surface area contributed by atoms with Gasteiger partial charge < -0.3 is 21.4 Å². The summed E-state index contributed by atoms with van der Waals surface area (Å²) in [6.07, 6.45) is 1.74. The van der Waals surface area contributed by atoms with Gasteiger partial charge in [0.1, 0.15) is 5.56 Å². The molecule has 2 rings (SSSR count). The second-order valence-corrected chi connectivity index (χ2v) is 5.69. The summed E-state index contributed by atoms with van der Waals surface area (Å²) in [5.74, 6) is -1.09. The number of hydrogen-bond donors (Lipinski definition) is 4. The minimum atomic E-state index is -0.891. The predicted molar refractivity (Wildman–Crippen MR) is 93.0 cm³/mol. The number of carbonyl (C=O) groups excluding carboxylic acids is 2. The van der Waals surface area contributed by atoms with Crippen LogP contribution in [0.2, 0.25) is 0 Å². The molecular formula is C15H17N5O3S. The topological polar surface area (TPSA) is 130 Å². The van der Waals surface area contributed by atoms with Crippen LogP contribution in [0.5, 0.6) is 0 Å². The Bertz CT molecular complexity index is 863. The number of benzene rings is 1. The molecule has 0 fully saturated rings. The molecule has 0 aliphatic rings. The summed E-state index contributed by atoms with van der Waals surface area (Å²) in [6.45, 7) is 1.81. The standard InChI is InChI=1S/C15H17N5O3S/c1-7-4-5-8(6-9(7)13(22)17-2)18-12-10(11(16)21)14(23)20-15(19-12)24-3/h4-6H,1-3H3,(H2,16,21)(H,17,22)(H2,18,19,20,23). The minimum Gasteiger partial charge on any atom is -0.365 e. The predicted octanol–water partition coefficient (Wildman–Crippen LogP) is 1.00. The van der Waals surface area contributed by atoms with Gasteiger partial charge in [-0.15, -0.1) is 0 Å². The summed E-state index contributed by atoms with van der Waals surface area (Å²) >= 11 is 1.22. The van der Waals surface area contributed by atoms with Crippen molar-refractivity contribution in [2.24, 2.45) is 5.73 Å². The molecule has 5 N–H and O–H groups in total. The smallest absolute Gasteiger partial charge is 0.266 e. The molecule has 2 aromatic rings. The number of carbonyl (C=O) groups is 2. The van der Waals surface area contributed by atoms with E-state index in [1.807, 2.05) is 0 Å². The molecule has 0 aliphatic carbocycles. The zero-order chi connectivity index (χ0) is 17.9. The zero-order valence-electron chi connectivity index (χ0n) is 13.4. The molecule has 0 spiro atoms. The highest BCUT2D eigenvalue weighted by Gasteiger charge is 2.17. The Balaban J connectivity index is 2.51. The maximum atomic E-state index is 12.0. The highest BCUT2D eigenvalue weighted by Crippen LogP contribution is 2.21. The number of nitrogens with one attached hydrogen (secondary N) is 3. The van der Waals surface area contributed by atoms with Gasteiger partial charge in [0, 0.05) is 18.3 Å². The van der Waals surface area contributed by atoms with Crippen LogP contribution < -0.4 is 21.9 Å². The first-order valence-corrected chi connectivity index (χ1v) is 8.17. The van der Waals surface area contributed by atoms with Crippen molar-refractivity contribution >= 4 is 35.1 Å². The van der Waals surface area contributed by atoms with Crippen molar-refractivity contribution in [1.82, 2.24) is 15.3 Å². The largest absolute Gasteiger partial charge is 0.365 e. The maximum Gasteiger partial charge on any atom is 0.266 e. The van der Waals surface area contributed by atoms with Crippen molar-refractivity contribution in [2.75, 3.05) is 18.6 Å². The van der Waals surface area contributed by atoms with Crippen LogP contribution in [0.15, 0.2) is 28.2 Å². The van der Waals surface area contributed by atoms with Gasteiger partial charge in [-0.1, -0.05) is 17.8 Å². The molecule has 0 saturated heterocycles. The Labute approximate surface area is 142 Å². The van der Waals surface area contributed by atoms with Crippen LogP contribution in [0.1, 0.15) is 26.3 Å². The molecule has 8 nitrogen and oxygen atoms in total. The van der Waals surface area contributed by atoms with Gasteiger partial charge in [0.2, 0.25) is 0 Å². The lowest BCUT2D eigenvalue weighted by atomic mass is 10.1. The third-order valence-electron chi connectivity index (χ3n) is 3.31. The van der Waals surface area contributed by atoms with Crippen molar-refractivity contribution in [2.45, 2.75) is 12.1 Å². The number of H-pyrrole nitrogens is 1. The molecule has 24 heavy (non-hydrogen) atoms. The lowest BCUT2D eigenvalue weighted by Gasteiger charge is -2.12. The normalized spacial score (nSPS) is 10.3. The van der Waals surface area contributed by atoms with Crippen LogP contribution >= 0.6 is 11.8 Å². The number of aromatic nitrogens is 2. The number of rotatable bonds is 5. The molecule has 0 radical (unpaired) electrons. The Morgan fingerprint density at radius 2 is 2.04 bits per heavy atom. The number of hydrogen-bond acceptors (Lipinski definition) is 6. The molecule has 0 saturated carbocycles. The van der Waals surface area contributed by atoms with E-state index in [2.05, 4.69) is 20.6 Å². The molecular weight excluding hydrogens is 330 g/mol. The summed E-state index contributed by atoms with van der Waals surface area (Å²) in [5, 5.41) is 5.79. The molecule has 0 unspecified atom stereocenters. The molecule has 2 amide bonds. The monoisotopic (exact) mass is 347 g/mol. The molecule has 1 aromatic heterocycles. The zero-order valence-corrected chi connectivity index (χ0v) is 14.2. The van der Waals surface area contributed by atoms with E-state index in [-0.39, 0.29) is 17.3 Å². The van der Waals surface area contributed by atoms with Gasteiger partial charge >= 0.3 is 0 Å². The number of amides is 2. The number of nitrogens with two attached hydrogens (primary N) is 1. The Hall–Kier alpha value is -2.81. The Morgan fingerprint density at radius 1 is 1.33 bits per heavy atom. The SMILES string of the molecule is CNC(=O)c1cc(Nc2nc(SC)[nH]c(=O)c2C(N)=O)ccc1C. The van der Waals surface area contributed by atoms with Gasteiger partial charge in [0.05, 0.1) is 0 Å². The van der Waals surface area contributed by atoms with E-state index in [0.29, 0.717) is 16.4 Å². The van der Waals surface area contributed by atoms with Crippen molar-refractivity contribution in [1.29, 1.82) is 0 Å². The summed E-state index contributed by atoms with van der Waals surface area (Å²) < 4.78 is 0. The Morgan fingerprint density at radius 3 is 2.62 bits per heavy atom. The number of primary amides is 1.